The third kappa shape index (κ3) is 9.10. The van der Waals surface area contributed by atoms with Crippen LogP contribution >= 0.6 is 0 Å². The summed E-state index contributed by atoms with van der Waals surface area (Å²) >= 11 is 0. The van der Waals surface area contributed by atoms with Crippen molar-refractivity contribution < 1.29 is 44.5 Å². The summed E-state index contributed by atoms with van der Waals surface area (Å²) in [4.78, 5) is 11.5. The fourth-order valence-corrected chi connectivity index (χ4v) is 4.53. The molecule has 0 aliphatic carbocycles. The summed E-state index contributed by atoms with van der Waals surface area (Å²) in [7, 11) is 0. The quantitative estimate of drug-likeness (QED) is 0.119. The number of aliphatic hydroxyl groups excluding tert-OH is 5. The molecule has 41 heavy (non-hydrogen) atoms. The molecule has 5 atom stereocenters. The molecule has 1 amide bonds. The topological polar surface area (TPSA) is 199 Å². The van der Waals surface area contributed by atoms with Gasteiger partial charge in [-0.3, -0.25) is 9.89 Å². The number of carbonyl (C=O) groups is 1. The molecule has 2 aromatic rings. The van der Waals surface area contributed by atoms with Gasteiger partial charge in [0.25, 0.3) is 0 Å². The van der Waals surface area contributed by atoms with E-state index in [0.29, 0.717) is 32.5 Å². The molecule has 3 rings (SSSR count). The molecule has 13 heteroatoms. The highest BCUT2D eigenvalue weighted by Gasteiger charge is 2.45. The van der Waals surface area contributed by atoms with Gasteiger partial charge in [-0.25, -0.2) is 0 Å². The molecule has 1 aromatic carbocycles. The van der Waals surface area contributed by atoms with Crippen LogP contribution in [0.3, 0.4) is 0 Å². The average Bonchev–Trinajstić information content (AvgIpc) is 3.35. The predicted octanol–water partition coefficient (Wildman–Crippen LogP) is -0.532. The van der Waals surface area contributed by atoms with Crippen LogP contribution in [0.25, 0.3) is 0 Å². The number of benzene rings is 1. The summed E-state index contributed by atoms with van der Waals surface area (Å²) in [6.07, 6.45) is -5.38. The van der Waals surface area contributed by atoms with Crippen LogP contribution in [-0.2, 0) is 16.0 Å². The molecule has 0 saturated carbocycles. The minimum absolute atomic E-state index is 0.0692. The molecular formula is C28H44N4O9. The number of nitrogens with one attached hydrogen (secondary N) is 3. The van der Waals surface area contributed by atoms with Gasteiger partial charge < -0.3 is 50.4 Å². The van der Waals surface area contributed by atoms with E-state index in [-0.39, 0.29) is 30.9 Å². The third-order valence-corrected chi connectivity index (χ3v) is 6.93. The molecular weight excluding hydrogens is 536 g/mol. The summed E-state index contributed by atoms with van der Waals surface area (Å²) in [6, 6.07) is 5.83. The fourth-order valence-electron chi connectivity index (χ4n) is 4.53. The van der Waals surface area contributed by atoms with Gasteiger partial charge in [0.05, 0.1) is 19.8 Å². The van der Waals surface area contributed by atoms with Crippen molar-refractivity contribution in [3.05, 3.63) is 40.6 Å². The Morgan fingerprint density at radius 1 is 1.12 bits per heavy atom. The second kappa shape index (κ2) is 16.0. The van der Waals surface area contributed by atoms with E-state index in [1.54, 1.807) is 0 Å². The number of aromatic amines is 1. The maximum atomic E-state index is 11.5. The number of nitrogens with zero attached hydrogens (tertiary/aromatic N) is 1. The molecule has 1 aliphatic heterocycles. The largest absolute Gasteiger partial charge is 0.494 e. The zero-order chi connectivity index (χ0) is 29.9. The predicted molar refractivity (Wildman–Crippen MR) is 149 cm³/mol. The van der Waals surface area contributed by atoms with Gasteiger partial charge in [0.15, 0.2) is 0 Å². The molecule has 1 aromatic heterocycles. The molecule has 1 fully saturated rings. The Kier molecular flexibility index (Phi) is 12.8. The molecule has 8 N–H and O–H groups in total. The highest BCUT2D eigenvalue weighted by atomic mass is 16.7. The third-order valence-electron chi connectivity index (χ3n) is 6.93. The molecule has 0 bridgehead atoms. The summed E-state index contributed by atoms with van der Waals surface area (Å²) in [5.74, 6) is 0.942. The van der Waals surface area contributed by atoms with Crippen molar-refractivity contribution in [3.63, 3.8) is 0 Å². The van der Waals surface area contributed by atoms with Gasteiger partial charge in [0, 0.05) is 37.2 Å². The Hall–Kier alpha value is -2.78. The van der Waals surface area contributed by atoms with Gasteiger partial charge in [-0.1, -0.05) is 19.9 Å². The minimum atomic E-state index is -1.55. The maximum absolute atomic E-state index is 11.5. The number of rotatable bonds is 16. The average molecular weight is 581 g/mol. The summed E-state index contributed by atoms with van der Waals surface area (Å²) in [5.41, 5.74) is 3.64. The van der Waals surface area contributed by atoms with E-state index in [4.69, 9.17) is 19.3 Å². The number of hydrogen-bond acceptors (Lipinski definition) is 11. The van der Waals surface area contributed by atoms with Crippen LogP contribution in [0.5, 0.6) is 11.6 Å². The van der Waals surface area contributed by atoms with E-state index in [1.165, 1.54) is 0 Å². The lowest BCUT2D eigenvalue weighted by Crippen LogP contribution is -2.60. The molecule has 1 saturated heterocycles. The maximum Gasteiger partial charge on any atom is 0.238 e. The Labute approximate surface area is 239 Å². The second-order valence-electron chi connectivity index (χ2n) is 10.4. The van der Waals surface area contributed by atoms with E-state index >= 15 is 0 Å². The van der Waals surface area contributed by atoms with Crippen molar-refractivity contribution in [2.75, 3.05) is 39.5 Å². The molecule has 13 nitrogen and oxygen atoms in total. The minimum Gasteiger partial charge on any atom is -0.494 e. The van der Waals surface area contributed by atoms with Gasteiger partial charge in [0.2, 0.25) is 18.1 Å². The second-order valence-corrected chi connectivity index (χ2v) is 10.4. The lowest BCUT2D eigenvalue weighted by atomic mass is 9.96. The molecule has 0 spiro atoms. The number of amides is 1. The van der Waals surface area contributed by atoms with Gasteiger partial charge in [0.1, 0.15) is 30.2 Å². The van der Waals surface area contributed by atoms with E-state index in [1.807, 2.05) is 39.0 Å². The number of aryl methyl sites for hydroxylation is 1. The first kappa shape index (κ1) is 32.7. The fraction of sp³-hybridized carbons (Fsp3) is 0.643. The smallest absolute Gasteiger partial charge is 0.238 e. The Balaban J connectivity index is 1.57. The van der Waals surface area contributed by atoms with Crippen LogP contribution in [-0.4, -0.2) is 112 Å². The molecule has 230 valence electrons. The summed E-state index contributed by atoms with van der Waals surface area (Å²) in [6.45, 7) is 7.43. The SMILES string of the molecule is Cc1cc(OCCCNCCC(=O)NCCO)ccc1Cc1c(O[C@@H]2O[C@H](CO)[C@@H](O)[C@H](O)[C@H]2O)n[nH]c1C(C)C. The Morgan fingerprint density at radius 3 is 2.59 bits per heavy atom. The molecule has 0 radical (unpaired) electrons. The molecule has 1 aliphatic rings. The van der Waals surface area contributed by atoms with Crippen LogP contribution < -0.4 is 20.1 Å². The van der Waals surface area contributed by atoms with E-state index in [9.17, 15) is 25.2 Å². The highest BCUT2D eigenvalue weighted by Crippen LogP contribution is 2.32. The van der Waals surface area contributed by atoms with E-state index in [0.717, 1.165) is 34.6 Å². The van der Waals surface area contributed by atoms with Crippen molar-refractivity contribution in [2.24, 2.45) is 0 Å². The summed E-state index contributed by atoms with van der Waals surface area (Å²) in [5, 5.41) is 61.9. The van der Waals surface area contributed by atoms with Crippen molar-refractivity contribution >= 4 is 5.91 Å². The number of hydrogen-bond donors (Lipinski definition) is 8. The first-order valence-corrected chi connectivity index (χ1v) is 14.0. The van der Waals surface area contributed by atoms with Crippen LogP contribution in [0.4, 0.5) is 0 Å². The monoisotopic (exact) mass is 580 g/mol. The zero-order valence-corrected chi connectivity index (χ0v) is 23.9. The molecule has 2 heterocycles. The Bertz CT molecular complexity index is 1090. The number of aliphatic hydroxyl groups is 5. The standard InChI is InChI=1S/C28H44N4O9/c1-16(2)23-20(27(32-31-23)41-28-26(38)25(37)24(36)21(15-34)40-28)14-18-5-6-19(13-17(18)3)39-12-4-8-29-9-7-22(35)30-10-11-33/h5-6,13,16,21,24-26,28-29,33-34,36-38H,4,7-12,14-15H2,1-3H3,(H,30,35)(H,31,32)/t21-,24-,25+,26-,28+/m1/s1. The number of carbonyl (C=O) groups excluding carboxylic acids is 1. The van der Waals surface area contributed by atoms with Crippen LogP contribution in [0.1, 0.15) is 55.0 Å². The highest BCUT2D eigenvalue weighted by molar-refractivity contribution is 5.76. The van der Waals surface area contributed by atoms with E-state index in [2.05, 4.69) is 20.8 Å². The number of H-pyrrole nitrogens is 1. The van der Waals surface area contributed by atoms with Crippen LogP contribution in [0.15, 0.2) is 18.2 Å². The lowest BCUT2D eigenvalue weighted by molar-refractivity contribution is -0.278. The number of aromatic nitrogens is 2. The van der Waals surface area contributed by atoms with Crippen LogP contribution in [0.2, 0.25) is 0 Å². The van der Waals surface area contributed by atoms with Gasteiger partial charge >= 0.3 is 0 Å². The first-order valence-electron chi connectivity index (χ1n) is 14.0. The van der Waals surface area contributed by atoms with Gasteiger partial charge in [-0.05, 0) is 49.1 Å². The number of ether oxygens (including phenoxy) is 3. The van der Waals surface area contributed by atoms with Crippen molar-refractivity contribution in [2.45, 2.75) is 76.7 Å². The zero-order valence-electron chi connectivity index (χ0n) is 23.9. The first-order chi connectivity index (χ1) is 19.7. The normalized spacial score (nSPS) is 22.6. The van der Waals surface area contributed by atoms with E-state index < -0.39 is 37.3 Å². The van der Waals surface area contributed by atoms with Gasteiger partial charge in [-0.2, -0.15) is 0 Å². The van der Waals surface area contributed by atoms with Crippen LogP contribution in [0, 0.1) is 6.92 Å². The van der Waals surface area contributed by atoms with Crippen molar-refractivity contribution in [1.82, 2.24) is 20.8 Å². The molecule has 0 unspecified atom stereocenters. The van der Waals surface area contributed by atoms with Crippen molar-refractivity contribution in [3.8, 4) is 11.6 Å². The lowest BCUT2D eigenvalue weighted by Gasteiger charge is -2.39. The summed E-state index contributed by atoms with van der Waals surface area (Å²) < 4.78 is 17.3. The van der Waals surface area contributed by atoms with Crippen molar-refractivity contribution in [1.29, 1.82) is 0 Å². The van der Waals surface area contributed by atoms with Gasteiger partial charge in [-0.15, -0.1) is 5.10 Å². The Morgan fingerprint density at radius 2 is 1.90 bits per heavy atom.